The highest BCUT2D eigenvalue weighted by Gasteiger charge is 2.17. The molecule has 102 valence electrons. The van der Waals surface area contributed by atoms with E-state index in [1.54, 1.807) is 0 Å². The first kappa shape index (κ1) is 13.8. The highest BCUT2D eigenvalue weighted by atomic mass is 15.3. The topological polar surface area (TPSA) is 29.9 Å². The molecule has 0 saturated heterocycles. The van der Waals surface area contributed by atoms with Crippen LogP contribution in [0.2, 0.25) is 0 Å². The normalized spacial score (nSPS) is 12.6. The smallest absolute Gasteiger partial charge is 0.0745 e. The van der Waals surface area contributed by atoms with E-state index in [1.807, 2.05) is 14.0 Å². The zero-order chi connectivity index (χ0) is 13.8. The first-order valence-electron chi connectivity index (χ1n) is 7.00. The molecule has 0 saturated carbocycles. The Balaban J connectivity index is 2.37. The fraction of sp³-hybridized carbons (Fsp3) is 0.438. The van der Waals surface area contributed by atoms with Crippen molar-refractivity contribution >= 4 is 0 Å². The maximum atomic E-state index is 4.53. The lowest BCUT2D eigenvalue weighted by molar-refractivity contribution is 0.561. The summed E-state index contributed by atoms with van der Waals surface area (Å²) in [5.41, 5.74) is 4.96. The molecule has 1 aromatic carbocycles. The van der Waals surface area contributed by atoms with Gasteiger partial charge in [-0.25, -0.2) is 0 Å². The summed E-state index contributed by atoms with van der Waals surface area (Å²) in [6.07, 6.45) is 1.08. The third kappa shape index (κ3) is 2.87. The largest absolute Gasteiger partial charge is 0.308 e. The summed E-state index contributed by atoms with van der Waals surface area (Å²) in [6.45, 7) is 7.25. The van der Waals surface area contributed by atoms with Crippen LogP contribution in [-0.2, 0) is 13.0 Å². The van der Waals surface area contributed by atoms with Gasteiger partial charge in [-0.15, -0.1) is 0 Å². The number of rotatable bonds is 5. The van der Waals surface area contributed by atoms with Crippen LogP contribution < -0.4 is 5.32 Å². The van der Waals surface area contributed by atoms with E-state index in [4.69, 9.17) is 0 Å². The predicted octanol–water partition coefficient (Wildman–Crippen LogP) is 3.08. The average molecular weight is 257 g/mol. The van der Waals surface area contributed by atoms with Crippen molar-refractivity contribution in [2.75, 3.05) is 7.05 Å². The molecule has 3 heteroatoms. The number of aryl methyl sites for hydroxylation is 3. The van der Waals surface area contributed by atoms with Gasteiger partial charge in [0.2, 0.25) is 0 Å². The first-order chi connectivity index (χ1) is 9.19. The maximum absolute atomic E-state index is 4.53. The summed E-state index contributed by atoms with van der Waals surface area (Å²) in [4.78, 5) is 0. The molecule has 2 aromatic rings. The fourth-order valence-electron chi connectivity index (χ4n) is 2.48. The summed E-state index contributed by atoms with van der Waals surface area (Å²) < 4.78 is 2.07. The van der Waals surface area contributed by atoms with Crippen LogP contribution in [0.25, 0.3) is 0 Å². The van der Waals surface area contributed by atoms with Gasteiger partial charge in [-0.1, -0.05) is 31.2 Å². The Bertz CT molecular complexity index is 525. The van der Waals surface area contributed by atoms with Gasteiger partial charge in [0.15, 0.2) is 0 Å². The van der Waals surface area contributed by atoms with Gasteiger partial charge in [0.25, 0.3) is 0 Å². The highest BCUT2D eigenvalue weighted by Crippen LogP contribution is 2.23. The van der Waals surface area contributed by atoms with Gasteiger partial charge in [0, 0.05) is 6.54 Å². The third-order valence-corrected chi connectivity index (χ3v) is 3.54. The van der Waals surface area contributed by atoms with Crippen molar-refractivity contribution < 1.29 is 0 Å². The summed E-state index contributed by atoms with van der Waals surface area (Å²) in [7, 11) is 2.00. The van der Waals surface area contributed by atoms with Crippen molar-refractivity contribution in [3.8, 4) is 0 Å². The number of nitrogens with zero attached hydrogens (tertiary/aromatic N) is 2. The van der Waals surface area contributed by atoms with Crippen molar-refractivity contribution in [2.45, 2.75) is 39.8 Å². The van der Waals surface area contributed by atoms with Crippen molar-refractivity contribution in [3.05, 3.63) is 52.8 Å². The minimum Gasteiger partial charge on any atom is -0.308 e. The van der Waals surface area contributed by atoms with Crippen LogP contribution in [0.5, 0.6) is 0 Å². The Morgan fingerprint density at radius 2 is 1.89 bits per heavy atom. The second kappa shape index (κ2) is 6.02. The Kier molecular flexibility index (Phi) is 4.38. The van der Waals surface area contributed by atoms with Crippen LogP contribution in [0.4, 0.5) is 0 Å². The van der Waals surface area contributed by atoms with Crippen LogP contribution in [0.3, 0.4) is 0 Å². The molecule has 0 fully saturated rings. The first-order valence-corrected chi connectivity index (χ1v) is 7.00. The molecule has 0 radical (unpaired) electrons. The molecule has 1 aromatic heterocycles. The Morgan fingerprint density at radius 1 is 1.21 bits per heavy atom. The zero-order valence-electron chi connectivity index (χ0n) is 12.3. The zero-order valence-corrected chi connectivity index (χ0v) is 12.3. The average Bonchev–Trinajstić information content (AvgIpc) is 2.81. The molecule has 1 N–H and O–H groups in total. The summed E-state index contributed by atoms with van der Waals surface area (Å²) in [5, 5.41) is 7.93. The quantitative estimate of drug-likeness (QED) is 0.892. The summed E-state index contributed by atoms with van der Waals surface area (Å²) >= 11 is 0. The van der Waals surface area contributed by atoms with Crippen LogP contribution in [0.1, 0.15) is 42.4 Å². The second-order valence-corrected chi connectivity index (χ2v) is 4.84. The third-order valence-electron chi connectivity index (χ3n) is 3.54. The molecule has 19 heavy (non-hydrogen) atoms. The molecule has 0 bridgehead atoms. The van der Waals surface area contributed by atoms with E-state index < -0.39 is 0 Å². The fourth-order valence-corrected chi connectivity index (χ4v) is 2.48. The molecule has 1 atom stereocenters. The Hall–Kier alpha value is -1.61. The van der Waals surface area contributed by atoms with Gasteiger partial charge in [0.05, 0.1) is 17.4 Å². The second-order valence-electron chi connectivity index (χ2n) is 4.84. The van der Waals surface area contributed by atoms with E-state index in [9.17, 15) is 0 Å². The number of benzene rings is 1. The van der Waals surface area contributed by atoms with Crippen molar-refractivity contribution in [1.29, 1.82) is 0 Å². The molecule has 0 aliphatic rings. The molecular formula is C16H23N3. The molecule has 1 unspecified atom stereocenters. The summed E-state index contributed by atoms with van der Waals surface area (Å²) in [6, 6.07) is 11.2. The van der Waals surface area contributed by atoms with E-state index in [-0.39, 0.29) is 6.04 Å². The van der Waals surface area contributed by atoms with Crippen LogP contribution >= 0.6 is 0 Å². The lowest BCUT2D eigenvalue weighted by Crippen LogP contribution is -2.21. The summed E-state index contributed by atoms with van der Waals surface area (Å²) in [5.74, 6) is 0. The monoisotopic (exact) mass is 257 g/mol. The van der Waals surface area contributed by atoms with E-state index in [2.05, 4.69) is 59.3 Å². The van der Waals surface area contributed by atoms with Gasteiger partial charge < -0.3 is 5.32 Å². The van der Waals surface area contributed by atoms with Gasteiger partial charge in [-0.05, 0) is 44.5 Å². The van der Waals surface area contributed by atoms with E-state index in [0.29, 0.717) is 0 Å². The van der Waals surface area contributed by atoms with E-state index >= 15 is 0 Å². The van der Waals surface area contributed by atoms with E-state index in [1.165, 1.54) is 16.8 Å². The van der Waals surface area contributed by atoms with Crippen LogP contribution in [-0.4, -0.2) is 16.8 Å². The Morgan fingerprint density at radius 3 is 2.42 bits per heavy atom. The number of hydrogen-bond donors (Lipinski definition) is 1. The van der Waals surface area contributed by atoms with Gasteiger partial charge in [-0.2, -0.15) is 5.10 Å². The minimum atomic E-state index is 0.201. The molecule has 3 nitrogen and oxygen atoms in total. The molecule has 0 spiro atoms. The SMILES string of the molecule is CCc1ccc(C(NC)c2cc(C)nn2CC)cc1. The molecule has 1 heterocycles. The van der Waals surface area contributed by atoms with Crippen LogP contribution in [0, 0.1) is 6.92 Å². The van der Waals surface area contributed by atoms with Crippen molar-refractivity contribution in [3.63, 3.8) is 0 Å². The number of aromatic nitrogens is 2. The van der Waals surface area contributed by atoms with E-state index in [0.717, 1.165) is 18.7 Å². The molecule has 0 aliphatic carbocycles. The van der Waals surface area contributed by atoms with Gasteiger partial charge in [-0.3, -0.25) is 4.68 Å². The predicted molar refractivity (Wildman–Crippen MR) is 79.4 cm³/mol. The number of nitrogens with one attached hydrogen (secondary N) is 1. The van der Waals surface area contributed by atoms with Gasteiger partial charge in [0.1, 0.15) is 0 Å². The molecule has 2 rings (SSSR count). The highest BCUT2D eigenvalue weighted by molar-refractivity contribution is 5.31. The van der Waals surface area contributed by atoms with Crippen molar-refractivity contribution in [2.24, 2.45) is 0 Å². The lowest BCUT2D eigenvalue weighted by atomic mass is 10.0. The number of hydrogen-bond acceptors (Lipinski definition) is 2. The molecule has 0 amide bonds. The standard InChI is InChI=1S/C16H23N3/c1-5-13-7-9-14(10-8-13)16(17-4)15-11-12(3)18-19(15)6-2/h7-11,16-17H,5-6H2,1-4H3. The molecular weight excluding hydrogens is 234 g/mol. The Labute approximate surface area is 115 Å². The van der Waals surface area contributed by atoms with Crippen molar-refractivity contribution in [1.82, 2.24) is 15.1 Å². The minimum absolute atomic E-state index is 0.201. The van der Waals surface area contributed by atoms with Gasteiger partial charge >= 0.3 is 0 Å². The van der Waals surface area contributed by atoms with Crippen LogP contribution in [0.15, 0.2) is 30.3 Å². The molecule has 0 aliphatic heterocycles. The lowest BCUT2D eigenvalue weighted by Gasteiger charge is -2.18. The maximum Gasteiger partial charge on any atom is 0.0745 e.